The number of pyridine rings is 1. The number of carbonyl (C=O) groups is 4. The average molecular weight is 738 g/mol. The fourth-order valence-electron chi connectivity index (χ4n) is 5.68. The van der Waals surface area contributed by atoms with Gasteiger partial charge in [-0.25, -0.2) is 9.59 Å². The number of alkyl carbamates (subject to hydrolysis) is 1. The Labute approximate surface area is 308 Å². The van der Waals surface area contributed by atoms with Crippen molar-refractivity contribution in [2.45, 2.75) is 88.9 Å². The van der Waals surface area contributed by atoms with Crippen molar-refractivity contribution in [1.82, 2.24) is 26.3 Å². The molecule has 0 aliphatic heterocycles. The van der Waals surface area contributed by atoms with Crippen molar-refractivity contribution in [3.05, 3.63) is 90.1 Å². The van der Waals surface area contributed by atoms with Crippen LogP contribution in [0.15, 0.2) is 79.0 Å². The lowest BCUT2D eigenvalue weighted by atomic mass is 9.85. The molecule has 0 unspecified atom stereocenters. The molecule has 3 aromatic rings. The van der Waals surface area contributed by atoms with E-state index in [4.69, 9.17) is 4.74 Å². The topological polar surface area (TPSA) is 202 Å². The molecule has 2 aromatic carbocycles. The van der Waals surface area contributed by atoms with E-state index in [1.165, 1.54) is 27.2 Å². The molecule has 0 saturated carbocycles. The number of nitrogens with one attached hydrogen (secondary N) is 4. The van der Waals surface area contributed by atoms with Crippen LogP contribution < -0.4 is 21.3 Å². The summed E-state index contributed by atoms with van der Waals surface area (Å²) in [5.74, 6) is -1.26. The summed E-state index contributed by atoms with van der Waals surface area (Å²) >= 11 is -1.62. The molecule has 0 fully saturated rings. The zero-order valence-electron chi connectivity index (χ0n) is 30.7. The highest BCUT2D eigenvalue weighted by Gasteiger charge is 2.45. The molecule has 0 saturated heterocycles. The van der Waals surface area contributed by atoms with Gasteiger partial charge in [-0.15, -0.1) is 0 Å². The molecule has 0 aliphatic rings. The Morgan fingerprint density at radius 3 is 1.94 bits per heavy atom. The molecular formula is C38H51N5O8S. The van der Waals surface area contributed by atoms with Crippen LogP contribution in [0.4, 0.5) is 9.59 Å². The molecule has 0 aliphatic carbocycles. The highest BCUT2D eigenvalue weighted by atomic mass is 32.2. The predicted molar refractivity (Wildman–Crippen MR) is 200 cm³/mol. The molecule has 1 heterocycles. The second-order valence-corrected chi connectivity index (χ2v) is 16.3. The van der Waals surface area contributed by atoms with Crippen molar-refractivity contribution in [1.29, 1.82) is 0 Å². The van der Waals surface area contributed by atoms with E-state index >= 15 is 0 Å². The van der Waals surface area contributed by atoms with Gasteiger partial charge in [0.25, 0.3) is 0 Å². The Kier molecular flexibility index (Phi) is 15.0. The maximum Gasteiger partial charge on any atom is 0.407 e. The van der Waals surface area contributed by atoms with Gasteiger partial charge in [0.2, 0.25) is 11.8 Å². The summed E-state index contributed by atoms with van der Waals surface area (Å²) in [6, 6.07) is 18.3. The number of carboxylic acid groups (broad SMARTS) is 1. The van der Waals surface area contributed by atoms with E-state index in [-0.39, 0.29) is 19.3 Å². The van der Waals surface area contributed by atoms with E-state index in [2.05, 4.69) is 26.3 Å². The molecule has 13 nitrogen and oxygen atoms in total. The largest absolute Gasteiger partial charge is 0.616 e. The van der Waals surface area contributed by atoms with Gasteiger partial charge in [-0.3, -0.25) is 14.6 Å². The number of methoxy groups -OCH3 is 1. The molecule has 3 rings (SSSR count). The number of hydrogen-bond donors (Lipinski definition) is 6. The Morgan fingerprint density at radius 1 is 0.808 bits per heavy atom. The predicted octanol–water partition coefficient (Wildman–Crippen LogP) is 3.82. The maximum absolute atomic E-state index is 13.8. The number of aliphatic hydroxyl groups excluding tert-OH is 1. The van der Waals surface area contributed by atoms with Crippen LogP contribution in [-0.4, -0.2) is 92.1 Å². The Bertz CT molecular complexity index is 1620. The summed E-state index contributed by atoms with van der Waals surface area (Å²) in [5.41, 5.74) is 2.60. The van der Waals surface area contributed by atoms with Gasteiger partial charge in [-0.1, -0.05) is 81.4 Å². The molecule has 0 spiro atoms. The summed E-state index contributed by atoms with van der Waals surface area (Å²) in [5, 5.41) is 32.0. The molecule has 1 aromatic heterocycles. The van der Waals surface area contributed by atoms with E-state index in [9.17, 15) is 33.9 Å². The first-order chi connectivity index (χ1) is 24.4. The Hall–Kier alpha value is -4.66. The first kappa shape index (κ1) is 41.8. The first-order valence-electron chi connectivity index (χ1n) is 16.9. The van der Waals surface area contributed by atoms with Crippen LogP contribution in [-0.2, 0) is 38.3 Å². The molecule has 0 bridgehead atoms. The molecule has 282 valence electrons. The van der Waals surface area contributed by atoms with Crippen molar-refractivity contribution < 1.29 is 38.7 Å². The summed E-state index contributed by atoms with van der Waals surface area (Å²) < 4.78 is 16.1. The van der Waals surface area contributed by atoms with Crippen LogP contribution in [0.1, 0.15) is 52.2 Å². The number of aliphatic hydroxyl groups is 1. The number of benzene rings is 2. The van der Waals surface area contributed by atoms with Gasteiger partial charge in [0.1, 0.15) is 10.8 Å². The van der Waals surface area contributed by atoms with Crippen LogP contribution in [0.5, 0.6) is 0 Å². The number of aromatic nitrogens is 1. The highest BCUT2D eigenvalue weighted by molar-refractivity contribution is 7.92. The number of amides is 4. The number of rotatable bonds is 16. The lowest BCUT2D eigenvalue weighted by Crippen LogP contribution is -2.62. The van der Waals surface area contributed by atoms with Gasteiger partial charge >= 0.3 is 12.2 Å². The number of ether oxygens (including phenoxy) is 1. The van der Waals surface area contributed by atoms with Crippen LogP contribution >= 0.6 is 0 Å². The average Bonchev–Trinajstić information content (AvgIpc) is 3.09. The van der Waals surface area contributed by atoms with Crippen LogP contribution in [0.2, 0.25) is 0 Å². The van der Waals surface area contributed by atoms with Crippen LogP contribution in [0, 0.1) is 5.41 Å². The van der Waals surface area contributed by atoms with E-state index < -0.39 is 75.6 Å². The molecule has 52 heavy (non-hydrogen) atoms. The molecule has 0 radical (unpaired) electrons. The van der Waals surface area contributed by atoms with Crippen molar-refractivity contribution >= 4 is 35.2 Å². The fraction of sp³-hybridized carbons (Fsp3) is 0.447. The monoisotopic (exact) mass is 737 g/mol. The van der Waals surface area contributed by atoms with Gasteiger partial charge in [0.05, 0.1) is 31.2 Å². The molecule has 6 atom stereocenters. The van der Waals surface area contributed by atoms with Gasteiger partial charge in [0, 0.05) is 17.8 Å². The van der Waals surface area contributed by atoms with Gasteiger partial charge in [0.15, 0.2) is 6.04 Å². The lowest BCUT2D eigenvalue weighted by Gasteiger charge is -2.35. The zero-order chi connectivity index (χ0) is 38.6. The minimum Gasteiger partial charge on any atom is -0.616 e. The minimum absolute atomic E-state index is 0.0409. The highest BCUT2D eigenvalue weighted by Crippen LogP contribution is 2.24. The van der Waals surface area contributed by atoms with Crippen LogP contribution in [0.3, 0.4) is 0 Å². The zero-order valence-corrected chi connectivity index (χ0v) is 31.5. The second kappa shape index (κ2) is 18.7. The van der Waals surface area contributed by atoms with E-state index in [1.807, 2.05) is 72.8 Å². The third-order valence-electron chi connectivity index (χ3n) is 8.90. The van der Waals surface area contributed by atoms with Crippen molar-refractivity contribution in [3.63, 3.8) is 0 Å². The van der Waals surface area contributed by atoms with Crippen LogP contribution in [0.25, 0.3) is 11.3 Å². The summed E-state index contributed by atoms with van der Waals surface area (Å²) in [6.45, 7) is 8.43. The summed E-state index contributed by atoms with van der Waals surface area (Å²) in [4.78, 5) is 55.9. The Morgan fingerprint density at radius 2 is 1.40 bits per heavy atom. The molecule has 4 amide bonds. The maximum atomic E-state index is 13.8. The number of carbonyl (C=O) groups excluding carboxylic acids is 3. The van der Waals surface area contributed by atoms with Crippen molar-refractivity contribution in [2.24, 2.45) is 5.41 Å². The standard InChI is InChI=1S/C38H51N5O8S/c1-37(2,3)31(43-36(49)51-6)33(45)40-27(21-25-16-18-26(19-17-25)28-15-11-12-20-39-28)23-30(44)29(22-24-13-9-8-10-14-24)41-34(46)32(42-35(47)48)38(4,5)52(7)50/h8-20,27,29-32,42,44H,21-23H2,1-7H3,(H,40,45)(H,41,46)(H,43,49)(H,47,48)/t27-,29-,30-,31+,32+,52+/m0/s1. The molecule has 14 heteroatoms. The Balaban J connectivity index is 1.98. The summed E-state index contributed by atoms with van der Waals surface area (Å²) in [7, 11) is 1.21. The van der Waals surface area contributed by atoms with Crippen molar-refractivity contribution in [2.75, 3.05) is 13.4 Å². The summed E-state index contributed by atoms with van der Waals surface area (Å²) in [6.07, 6.45) is -0.0137. The fourth-order valence-corrected chi connectivity index (χ4v) is 6.18. The third kappa shape index (κ3) is 12.2. The van der Waals surface area contributed by atoms with E-state index in [0.717, 1.165) is 22.4 Å². The number of hydrogen-bond acceptors (Lipinski definition) is 8. The quantitative estimate of drug-likeness (QED) is 0.118. The number of nitrogens with zero attached hydrogens (tertiary/aromatic N) is 1. The van der Waals surface area contributed by atoms with Gasteiger partial charge in [-0.2, -0.15) is 0 Å². The third-order valence-corrected chi connectivity index (χ3v) is 10.6. The normalized spacial score (nSPS) is 15.2. The minimum atomic E-state index is -1.62. The van der Waals surface area contributed by atoms with Gasteiger partial charge in [-0.05, 0) is 73.0 Å². The van der Waals surface area contributed by atoms with Crippen molar-refractivity contribution in [3.8, 4) is 11.3 Å². The smallest absolute Gasteiger partial charge is 0.407 e. The molecular weight excluding hydrogens is 687 g/mol. The van der Waals surface area contributed by atoms with E-state index in [0.29, 0.717) is 0 Å². The lowest BCUT2D eigenvalue weighted by molar-refractivity contribution is -0.127. The first-order valence-corrected chi connectivity index (χ1v) is 18.5. The van der Waals surface area contributed by atoms with Gasteiger partial charge < -0.3 is 40.8 Å². The SMILES string of the molecule is COC(=O)N[C@H](C(=O)N[C@@H](Cc1ccc(-c2ccccn2)cc1)C[C@H](O)[C@H](Cc1ccccc1)NC(=O)[C@@H](NC(=O)O)C(C)(C)[S@@+](C)[O-])C(C)(C)C. The van der Waals surface area contributed by atoms with E-state index in [1.54, 1.807) is 27.0 Å². The molecule has 6 N–H and O–H groups in total. The second-order valence-electron chi connectivity index (χ2n) is 14.3.